The second kappa shape index (κ2) is 7.25. The summed E-state index contributed by atoms with van der Waals surface area (Å²) in [5.74, 6) is 1.46. The van der Waals surface area contributed by atoms with Gasteiger partial charge in [0.1, 0.15) is 6.61 Å². The van der Waals surface area contributed by atoms with Gasteiger partial charge in [-0.05, 0) is 25.1 Å². The van der Waals surface area contributed by atoms with Crippen molar-refractivity contribution in [1.82, 2.24) is 20.0 Å². The van der Waals surface area contributed by atoms with Crippen LogP contribution in [0.3, 0.4) is 0 Å². The van der Waals surface area contributed by atoms with E-state index < -0.39 is 0 Å². The summed E-state index contributed by atoms with van der Waals surface area (Å²) < 4.78 is 13.3. The number of aromatic nitrogens is 2. The van der Waals surface area contributed by atoms with E-state index in [9.17, 15) is 4.79 Å². The molecule has 0 aliphatic carbocycles. The number of rotatable bonds is 5. The summed E-state index contributed by atoms with van der Waals surface area (Å²) in [4.78, 5) is 13.9. The van der Waals surface area contributed by atoms with Crippen molar-refractivity contribution in [1.29, 1.82) is 0 Å². The highest BCUT2D eigenvalue weighted by Crippen LogP contribution is 2.30. The quantitative estimate of drug-likeness (QED) is 0.907. The monoisotopic (exact) mass is 330 g/mol. The van der Waals surface area contributed by atoms with E-state index in [1.807, 2.05) is 43.5 Å². The number of ether oxygens (including phenoxy) is 2. The predicted octanol–water partition coefficient (Wildman–Crippen LogP) is 1.75. The maximum absolute atomic E-state index is 12.3. The summed E-state index contributed by atoms with van der Waals surface area (Å²) in [6.45, 7) is 3.46. The Bertz CT molecular complexity index is 674. The molecule has 2 aromatic rings. The van der Waals surface area contributed by atoms with E-state index in [2.05, 4.69) is 10.4 Å². The molecule has 128 valence electrons. The van der Waals surface area contributed by atoms with Crippen molar-refractivity contribution in [2.24, 2.45) is 0 Å². The molecule has 7 nitrogen and oxygen atoms in total. The number of carbonyl (C=O) groups is 1. The van der Waals surface area contributed by atoms with Crippen molar-refractivity contribution in [3.05, 3.63) is 42.7 Å². The van der Waals surface area contributed by atoms with Gasteiger partial charge in [-0.1, -0.05) is 12.1 Å². The van der Waals surface area contributed by atoms with Crippen LogP contribution in [0.25, 0.3) is 0 Å². The number of carbonyl (C=O) groups excluding carboxylic acids is 1. The molecule has 0 fully saturated rings. The van der Waals surface area contributed by atoms with E-state index in [1.54, 1.807) is 22.8 Å². The molecule has 1 aromatic heterocycles. The van der Waals surface area contributed by atoms with Crippen LogP contribution < -0.4 is 14.8 Å². The molecule has 1 aromatic carbocycles. The van der Waals surface area contributed by atoms with Gasteiger partial charge in [0.05, 0.1) is 13.1 Å². The van der Waals surface area contributed by atoms with Crippen LogP contribution in [0.4, 0.5) is 4.79 Å². The van der Waals surface area contributed by atoms with Gasteiger partial charge in [0, 0.05) is 25.5 Å². The normalized spacial score (nSPS) is 17.2. The SMILES string of the molecule is CC(Cn1cccn1)NC(=O)N(C)CC1COc2ccccc2O1. The molecule has 2 atom stereocenters. The van der Waals surface area contributed by atoms with Gasteiger partial charge in [-0.2, -0.15) is 5.10 Å². The number of likely N-dealkylation sites (N-methyl/N-ethyl adjacent to an activating group) is 1. The molecule has 3 rings (SSSR count). The zero-order valence-corrected chi connectivity index (χ0v) is 13.9. The zero-order chi connectivity index (χ0) is 16.9. The van der Waals surface area contributed by atoms with Crippen molar-refractivity contribution < 1.29 is 14.3 Å². The van der Waals surface area contributed by atoms with Crippen LogP contribution >= 0.6 is 0 Å². The largest absolute Gasteiger partial charge is 0.486 e. The van der Waals surface area contributed by atoms with Crippen LogP contribution in [0, 0.1) is 0 Å². The Morgan fingerprint density at radius 3 is 2.96 bits per heavy atom. The Hall–Kier alpha value is -2.70. The topological polar surface area (TPSA) is 68.6 Å². The fourth-order valence-corrected chi connectivity index (χ4v) is 2.60. The molecule has 2 amide bonds. The van der Waals surface area contributed by atoms with Gasteiger partial charge in [-0.15, -0.1) is 0 Å². The molecular formula is C17H22N4O3. The van der Waals surface area contributed by atoms with Gasteiger partial charge in [-0.3, -0.25) is 4.68 Å². The smallest absolute Gasteiger partial charge is 0.317 e. The molecule has 24 heavy (non-hydrogen) atoms. The molecule has 0 bridgehead atoms. The van der Waals surface area contributed by atoms with Crippen LogP contribution in [0.5, 0.6) is 11.5 Å². The highest BCUT2D eigenvalue weighted by molar-refractivity contribution is 5.74. The van der Waals surface area contributed by atoms with Crippen molar-refractivity contribution >= 4 is 6.03 Å². The lowest BCUT2D eigenvalue weighted by molar-refractivity contribution is 0.0712. The molecule has 2 heterocycles. The Morgan fingerprint density at radius 2 is 2.21 bits per heavy atom. The van der Waals surface area contributed by atoms with Crippen molar-refractivity contribution in [2.75, 3.05) is 20.2 Å². The molecule has 1 N–H and O–H groups in total. The second-order valence-corrected chi connectivity index (χ2v) is 5.96. The third-order valence-electron chi connectivity index (χ3n) is 3.78. The maximum atomic E-state index is 12.3. The highest BCUT2D eigenvalue weighted by atomic mass is 16.6. The van der Waals surface area contributed by atoms with Crippen LogP contribution in [0.1, 0.15) is 6.92 Å². The first-order valence-corrected chi connectivity index (χ1v) is 7.99. The van der Waals surface area contributed by atoms with Crippen molar-refractivity contribution in [2.45, 2.75) is 25.6 Å². The van der Waals surface area contributed by atoms with E-state index in [-0.39, 0.29) is 18.2 Å². The van der Waals surface area contributed by atoms with Gasteiger partial charge < -0.3 is 19.7 Å². The Morgan fingerprint density at radius 1 is 1.42 bits per heavy atom. The number of hydrogen-bond acceptors (Lipinski definition) is 4. The summed E-state index contributed by atoms with van der Waals surface area (Å²) >= 11 is 0. The number of benzene rings is 1. The van der Waals surface area contributed by atoms with Crippen molar-refractivity contribution in [3.8, 4) is 11.5 Å². The standard InChI is InChI=1S/C17H22N4O3/c1-13(10-21-9-5-8-18-21)19-17(22)20(2)11-14-12-23-15-6-3-4-7-16(15)24-14/h3-9,13-14H,10-12H2,1-2H3,(H,19,22). The molecule has 7 heteroatoms. The van der Waals surface area contributed by atoms with Crippen LogP contribution in [-0.4, -0.2) is 53.1 Å². The third kappa shape index (κ3) is 3.98. The Kier molecular flexibility index (Phi) is 4.88. The average molecular weight is 330 g/mol. The fraction of sp³-hybridized carbons (Fsp3) is 0.412. The second-order valence-electron chi connectivity index (χ2n) is 5.96. The first kappa shape index (κ1) is 16.2. The fourth-order valence-electron chi connectivity index (χ4n) is 2.60. The van der Waals surface area contributed by atoms with E-state index in [0.717, 1.165) is 11.5 Å². The number of para-hydroxylation sites is 2. The molecular weight excluding hydrogens is 308 g/mol. The summed E-state index contributed by atoms with van der Waals surface area (Å²) in [6.07, 6.45) is 3.41. The summed E-state index contributed by atoms with van der Waals surface area (Å²) in [5, 5.41) is 7.09. The Balaban J connectivity index is 1.48. The molecule has 0 saturated carbocycles. The summed E-state index contributed by atoms with van der Waals surface area (Å²) in [5.41, 5.74) is 0. The summed E-state index contributed by atoms with van der Waals surface area (Å²) in [7, 11) is 1.75. The molecule has 1 aliphatic heterocycles. The average Bonchev–Trinajstić information content (AvgIpc) is 3.07. The molecule has 0 spiro atoms. The first-order chi connectivity index (χ1) is 11.6. The number of nitrogens with one attached hydrogen (secondary N) is 1. The van der Waals surface area contributed by atoms with Crippen molar-refractivity contribution in [3.63, 3.8) is 0 Å². The molecule has 0 radical (unpaired) electrons. The van der Waals surface area contributed by atoms with Gasteiger partial charge in [-0.25, -0.2) is 4.79 Å². The van der Waals surface area contributed by atoms with E-state index in [1.165, 1.54) is 0 Å². The third-order valence-corrected chi connectivity index (χ3v) is 3.78. The minimum atomic E-state index is -0.183. The number of urea groups is 1. The zero-order valence-electron chi connectivity index (χ0n) is 13.9. The summed E-state index contributed by atoms with van der Waals surface area (Å²) in [6, 6.07) is 9.24. The van der Waals surface area contributed by atoms with Gasteiger partial charge in [0.15, 0.2) is 17.6 Å². The molecule has 2 unspecified atom stereocenters. The first-order valence-electron chi connectivity index (χ1n) is 7.99. The minimum absolute atomic E-state index is 0.0240. The van der Waals surface area contributed by atoms with E-state index in [0.29, 0.717) is 19.7 Å². The predicted molar refractivity (Wildman–Crippen MR) is 89.2 cm³/mol. The van der Waals surface area contributed by atoms with E-state index in [4.69, 9.17) is 9.47 Å². The van der Waals surface area contributed by atoms with E-state index >= 15 is 0 Å². The van der Waals surface area contributed by atoms with Crippen LogP contribution in [-0.2, 0) is 6.54 Å². The lowest BCUT2D eigenvalue weighted by Gasteiger charge is -2.30. The van der Waals surface area contributed by atoms with Crippen LogP contribution in [0.15, 0.2) is 42.7 Å². The lowest BCUT2D eigenvalue weighted by Crippen LogP contribution is -2.48. The van der Waals surface area contributed by atoms with Gasteiger partial charge in [0.25, 0.3) is 0 Å². The van der Waals surface area contributed by atoms with Gasteiger partial charge in [0.2, 0.25) is 0 Å². The van der Waals surface area contributed by atoms with Gasteiger partial charge >= 0.3 is 6.03 Å². The highest BCUT2D eigenvalue weighted by Gasteiger charge is 2.24. The molecule has 1 aliphatic rings. The maximum Gasteiger partial charge on any atom is 0.317 e. The number of nitrogens with zero attached hydrogens (tertiary/aromatic N) is 3. The Labute approximate surface area is 141 Å². The number of amides is 2. The minimum Gasteiger partial charge on any atom is -0.486 e. The number of fused-ring (bicyclic) bond motifs is 1. The molecule has 0 saturated heterocycles. The number of hydrogen-bond donors (Lipinski definition) is 1. The van der Waals surface area contributed by atoms with Crippen LogP contribution in [0.2, 0.25) is 0 Å². The lowest BCUT2D eigenvalue weighted by atomic mass is 10.2.